The molecule has 0 aliphatic heterocycles. The normalized spacial score (nSPS) is 11.5. The molecule has 0 aliphatic rings. The lowest BCUT2D eigenvalue weighted by atomic mass is 10.2. The number of anilines is 1. The van der Waals surface area contributed by atoms with E-state index in [2.05, 4.69) is 9.29 Å². The Hall–Kier alpha value is -3.61. The molecule has 0 aliphatic carbocycles. The SMILES string of the molecule is O=S(=O)(Nc1ccc2c(c1)nc(-c1ccccc1)n2-c1ccccc1)c1cccc(Cl)c1. The Balaban J connectivity index is 1.62. The lowest BCUT2D eigenvalue weighted by Crippen LogP contribution is -2.12. The van der Waals surface area contributed by atoms with Gasteiger partial charge in [0.2, 0.25) is 0 Å². The lowest BCUT2D eigenvalue weighted by Gasteiger charge is -2.10. The summed E-state index contributed by atoms with van der Waals surface area (Å²) in [6.07, 6.45) is 0. The van der Waals surface area contributed by atoms with Crippen molar-refractivity contribution in [3.63, 3.8) is 0 Å². The van der Waals surface area contributed by atoms with Gasteiger partial charge in [-0.15, -0.1) is 0 Å². The summed E-state index contributed by atoms with van der Waals surface area (Å²) >= 11 is 5.96. The molecule has 0 spiro atoms. The minimum atomic E-state index is -3.78. The van der Waals surface area contributed by atoms with E-state index < -0.39 is 10.0 Å². The van der Waals surface area contributed by atoms with Gasteiger partial charge in [0.15, 0.2) is 0 Å². The Labute approximate surface area is 191 Å². The van der Waals surface area contributed by atoms with Crippen LogP contribution in [0.1, 0.15) is 0 Å². The summed E-state index contributed by atoms with van der Waals surface area (Å²) in [6, 6.07) is 31.4. The molecule has 5 nitrogen and oxygen atoms in total. The van der Waals surface area contributed by atoms with E-state index in [-0.39, 0.29) is 4.90 Å². The Morgan fingerprint density at radius 3 is 2.22 bits per heavy atom. The van der Waals surface area contributed by atoms with Crippen LogP contribution in [0.3, 0.4) is 0 Å². The summed E-state index contributed by atoms with van der Waals surface area (Å²) in [5.74, 6) is 0.779. The first kappa shape index (κ1) is 20.3. The van der Waals surface area contributed by atoms with Gasteiger partial charge >= 0.3 is 0 Å². The van der Waals surface area contributed by atoms with Gasteiger partial charge in [0.25, 0.3) is 10.0 Å². The van der Waals surface area contributed by atoms with Gasteiger partial charge in [0.1, 0.15) is 5.82 Å². The highest BCUT2D eigenvalue weighted by Crippen LogP contribution is 2.30. The number of nitrogens with one attached hydrogen (secondary N) is 1. The molecule has 32 heavy (non-hydrogen) atoms. The van der Waals surface area contributed by atoms with E-state index in [0.717, 1.165) is 22.6 Å². The second kappa shape index (κ2) is 8.15. The smallest absolute Gasteiger partial charge is 0.261 e. The third-order valence-electron chi connectivity index (χ3n) is 5.06. The number of sulfonamides is 1. The molecule has 0 bridgehead atoms. The molecule has 158 valence electrons. The fourth-order valence-electron chi connectivity index (χ4n) is 3.61. The molecule has 5 rings (SSSR count). The third-order valence-corrected chi connectivity index (χ3v) is 6.67. The first-order valence-corrected chi connectivity index (χ1v) is 11.8. The standard InChI is InChI=1S/C25H18ClN3O2S/c26-19-10-7-13-22(16-19)32(30,31)28-20-14-15-24-23(17-20)27-25(18-8-3-1-4-9-18)29(24)21-11-5-2-6-12-21/h1-17,28H. The van der Waals surface area contributed by atoms with Crippen molar-refractivity contribution >= 4 is 38.3 Å². The third kappa shape index (κ3) is 3.86. The molecule has 0 amide bonds. The number of benzene rings is 4. The van der Waals surface area contributed by atoms with Crippen LogP contribution in [-0.2, 0) is 10.0 Å². The predicted octanol–water partition coefficient (Wildman–Crippen LogP) is 6.15. The highest BCUT2D eigenvalue weighted by atomic mass is 35.5. The van der Waals surface area contributed by atoms with Crippen molar-refractivity contribution in [2.45, 2.75) is 4.90 Å². The molecule has 0 fully saturated rings. The van der Waals surface area contributed by atoms with Gasteiger partial charge in [-0.05, 0) is 48.5 Å². The summed E-state index contributed by atoms with van der Waals surface area (Å²) in [5, 5.41) is 0.359. The van der Waals surface area contributed by atoms with Crippen LogP contribution in [0.15, 0.2) is 108 Å². The van der Waals surface area contributed by atoms with Gasteiger partial charge in [-0.3, -0.25) is 9.29 Å². The number of imidazole rings is 1. The van der Waals surface area contributed by atoms with Gasteiger partial charge in [0.05, 0.1) is 21.6 Å². The number of halogens is 1. The van der Waals surface area contributed by atoms with Crippen molar-refractivity contribution in [2.75, 3.05) is 4.72 Å². The molecular formula is C25H18ClN3O2S. The Morgan fingerprint density at radius 2 is 1.50 bits per heavy atom. The molecule has 1 N–H and O–H groups in total. The number of rotatable bonds is 5. The van der Waals surface area contributed by atoms with Crippen LogP contribution in [0.5, 0.6) is 0 Å². The van der Waals surface area contributed by atoms with Gasteiger partial charge in [-0.1, -0.05) is 66.2 Å². The second-order valence-electron chi connectivity index (χ2n) is 7.24. The van der Waals surface area contributed by atoms with Crippen LogP contribution in [0.2, 0.25) is 5.02 Å². The maximum absolute atomic E-state index is 12.8. The number of para-hydroxylation sites is 1. The predicted molar refractivity (Wildman–Crippen MR) is 129 cm³/mol. The van der Waals surface area contributed by atoms with E-state index in [9.17, 15) is 8.42 Å². The number of hydrogen-bond acceptors (Lipinski definition) is 3. The molecule has 0 radical (unpaired) electrons. The zero-order chi connectivity index (χ0) is 22.1. The molecule has 1 aromatic heterocycles. The first-order chi connectivity index (χ1) is 15.5. The molecule has 4 aromatic carbocycles. The maximum atomic E-state index is 12.8. The maximum Gasteiger partial charge on any atom is 0.261 e. The van der Waals surface area contributed by atoms with Crippen LogP contribution in [0.25, 0.3) is 28.1 Å². The number of aromatic nitrogens is 2. The molecule has 5 aromatic rings. The zero-order valence-corrected chi connectivity index (χ0v) is 18.4. The molecule has 0 saturated heterocycles. The number of nitrogens with zero attached hydrogens (tertiary/aromatic N) is 2. The van der Waals surface area contributed by atoms with E-state index >= 15 is 0 Å². The van der Waals surface area contributed by atoms with E-state index in [1.165, 1.54) is 12.1 Å². The number of fused-ring (bicyclic) bond motifs is 1. The Bertz CT molecular complexity index is 1520. The molecule has 0 atom stereocenters. The largest absolute Gasteiger partial charge is 0.292 e. The van der Waals surface area contributed by atoms with E-state index in [0.29, 0.717) is 16.2 Å². The number of hydrogen-bond donors (Lipinski definition) is 1. The first-order valence-electron chi connectivity index (χ1n) is 9.93. The quantitative estimate of drug-likeness (QED) is 0.343. The van der Waals surface area contributed by atoms with Gasteiger partial charge in [-0.2, -0.15) is 0 Å². The van der Waals surface area contributed by atoms with Gasteiger partial charge < -0.3 is 0 Å². The lowest BCUT2D eigenvalue weighted by molar-refractivity contribution is 0.601. The summed E-state index contributed by atoms with van der Waals surface area (Å²) in [4.78, 5) is 4.95. The molecular weight excluding hydrogens is 442 g/mol. The molecule has 1 heterocycles. The summed E-state index contributed by atoms with van der Waals surface area (Å²) in [7, 11) is -3.78. The van der Waals surface area contributed by atoms with Crippen molar-refractivity contribution in [1.29, 1.82) is 0 Å². The molecule has 7 heteroatoms. The van der Waals surface area contributed by atoms with Gasteiger partial charge in [0, 0.05) is 16.3 Å². The minimum absolute atomic E-state index is 0.102. The van der Waals surface area contributed by atoms with Crippen molar-refractivity contribution in [1.82, 2.24) is 9.55 Å². The van der Waals surface area contributed by atoms with Gasteiger partial charge in [-0.25, -0.2) is 13.4 Å². The minimum Gasteiger partial charge on any atom is -0.292 e. The van der Waals surface area contributed by atoms with Crippen LogP contribution in [0, 0.1) is 0 Å². The van der Waals surface area contributed by atoms with E-state index in [4.69, 9.17) is 16.6 Å². The average molecular weight is 460 g/mol. The summed E-state index contributed by atoms with van der Waals surface area (Å²) in [5.41, 5.74) is 3.92. The van der Waals surface area contributed by atoms with Crippen molar-refractivity contribution < 1.29 is 8.42 Å². The van der Waals surface area contributed by atoms with Crippen LogP contribution >= 0.6 is 11.6 Å². The zero-order valence-electron chi connectivity index (χ0n) is 16.8. The monoisotopic (exact) mass is 459 g/mol. The van der Waals surface area contributed by atoms with Crippen molar-refractivity contribution in [2.24, 2.45) is 0 Å². The van der Waals surface area contributed by atoms with Crippen LogP contribution < -0.4 is 4.72 Å². The van der Waals surface area contributed by atoms with E-state index in [1.807, 2.05) is 66.7 Å². The average Bonchev–Trinajstić information content (AvgIpc) is 3.19. The Kier molecular flexibility index (Phi) is 5.17. The highest BCUT2D eigenvalue weighted by Gasteiger charge is 2.18. The van der Waals surface area contributed by atoms with Crippen LogP contribution in [0.4, 0.5) is 5.69 Å². The summed E-state index contributed by atoms with van der Waals surface area (Å²) in [6.45, 7) is 0. The highest BCUT2D eigenvalue weighted by molar-refractivity contribution is 7.92. The van der Waals surface area contributed by atoms with Crippen molar-refractivity contribution in [3.8, 4) is 17.1 Å². The summed E-state index contributed by atoms with van der Waals surface area (Å²) < 4.78 is 30.3. The van der Waals surface area contributed by atoms with E-state index in [1.54, 1.807) is 24.3 Å². The van der Waals surface area contributed by atoms with Crippen molar-refractivity contribution in [3.05, 3.63) is 108 Å². The fraction of sp³-hybridized carbons (Fsp3) is 0. The Morgan fingerprint density at radius 1 is 0.781 bits per heavy atom. The fourth-order valence-corrected chi connectivity index (χ4v) is 4.96. The topological polar surface area (TPSA) is 64.0 Å². The molecule has 0 saturated carbocycles. The second-order valence-corrected chi connectivity index (χ2v) is 9.36. The molecule has 0 unspecified atom stereocenters. The van der Waals surface area contributed by atoms with Crippen LogP contribution in [-0.4, -0.2) is 18.0 Å².